The largest absolute Gasteiger partial charge is 0.364 e. The minimum absolute atomic E-state index is 0. The molecule has 5 rings (SSSR count). The van der Waals surface area contributed by atoms with Crippen LogP contribution in [0.4, 0.5) is 5.69 Å². The first-order valence-electron chi connectivity index (χ1n) is 12.2. The highest BCUT2D eigenvalue weighted by Gasteiger charge is 2.58. The number of hydrogen-bond donors (Lipinski definition) is 2. The summed E-state index contributed by atoms with van der Waals surface area (Å²) < 4.78 is 0. The van der Waals surface area contributed by atoms with E-state index in [-0.39, 0.29) is 59.5 Å². The van der Waals surface area contributed by atoms with Gasteiger partial charge in [0.1, 0.15) is 0 Å². The van der Waals surface area contributed by atoms with E-state index in [0.29, 0.717) is 26.1 Å². The summed E-state index contributed by atoms with van der Waals surface area (Å²) in [5, 5.41) is 6.62. The van der Waals surface area contributed by atoms with E-state index in [2.05, 4.69) is 64.1 Å². The number of benzene rings is 1. The van der Waals surface area contributed by atoms with Crippen LogP contribution >= 0.6 is 24.0 Å². The molecule has 1 aromatic rings. The number of allylic oxidation sites excluding steroid dienone is 2. The Morgan fingerprint density at radius 1 is 1.00 bits per heavy atom. The van der Waals surface area contributed by atoms with Crippen LogP contribution < -0.4 is 15.5 Å². The molecule has 0 spiro atoms. The molecule has 2 N–H and O–H groups in total. The molecular weight excluding hydrogens is 541 g/mol. The number of hydrogen-bond acceptors (Lipinski definition) is 4. The lowest BCUT2D eigenvalue weighted by Crippen LogP contribution is -2.40. The van der Waals surface area contributed by atoms with Crippen molar-refractivity contribution in [3.63, 3.8) is 0 Å². The summed E-state index contributed by atoms with van der Waals surface area (Å²) in [7, 11) is 0. The number of aliphatic imine (C=N–C) groups is 1. The molecule has 2 heterocycles. The van der Waals surface area contributed by atoms with Crippen molar-refractivity contribution in [2.75, 3.05) is 37.6 Å². The number of rotatable bonds is 8. The van der Waals surface area contributed by atoms with Gasteiger partial charge in [0.05, 0.1) is 18.4 Å². The smallest absolute Gasteiger partial charge is 0.233 e. The molecule has 2 bridgehead atoms. The van der Waals surface area contributed by atoms with Crippen LogP contribution in [0.15, 0.2) is 53.6 Å². The summed E-state index contributed by atoms with van der Waals surface area (Å²) in [5.41, 5.74) is 2.39. The van der Waals surface area contributed by atoms with Crippen LogP contribution in [-0.2, 0) is 16.1 Å². The van der Waals surface area contributed by atoms with Gasteiger partial charge in [-0.05, 0) is 49.3 Å². The van der Waals surface area contributed by atoms with E-state index in [4.69, 9.17) is 4.99 Å². The number of carbonyl (C=O) groups is 2. The quantitative estimate of drug-likeness (QED) is 0.125. The average molecular weight is 575 g/mol. The SMILES string of the molecule is CCNC(=NCc1ccc(N2CC=CC2)cc1)NCCCN1C(=O)C2C3C=CC(C3)C2C1=O.I. The average Bonchev–Trinajstić information content (AvgIpc) is 3.62. The number of nitrogens with zero attached hydrogens (tertiary/aromatic N) is 3. The van der Waals surface area contributed by atoms with Crippen molar-refractivity contribution in [1.29, 1.82) is 0 Å². The number of nitrogens with one attached hydrogen (secondary N) is 2. The summed E-state index contributed by atoms with van der Waals surface area (Å²) in [6.07, 6.45) is 10.3. The van der Waals surface area contributed by atoms with Crippen LogP contribution in [0.25, 0.3) is 0 Å². The number of carbonyl (C=O) groups excluding carboxylic acids is 2. The van der Waals surface area contributed by atoms with E-state index in [1.165, 1.54) is 10.6 Å². The second-order valence-corrected chi connectivity index (χ2v) is 9.35. The van der Waals surface area contributed by atoms with Crippen molar-refractivity contribution in [2.45, 2.75) is 26.3 Å². The fraction of sp³-hybridized carbons (Fsp3) is 0.500. The van der Waals surface area contributed by atoms with Crippen molar-refractivity contribution in [2.24, 2.45) is 28.7 Å². The first kappa shape index (κ1) is 24.8. The van der Waals surface area contributed by atoms with Gasteiger partial charge in [-0.15, -0.1) is 24.0 Å². The van der Waals surface area contributed by atoms with E-state index in [0.717, 1.165) is 37.6 Å². The Bertz CT molecular complexity index is 951. The number of imide groups is 1. The molecule has 1 aromatic carbocycles. The zero-order valence-corrected chi connectivity index (χ0v) is 22.0. The molecule has 4 unspecified atom stereocenters. The Kier molecular flexibility index (Phi) is 7.95. The molecular formula is C26H34IN5O2. The maximum absolute atomic E-state index is 12.8. The zero-order chi connectivity index (χ0) is 22.8. The Labute approximate surface area is 218 Å². The van der Waals surface area contributed by atoms with Crippen LogP contribution in [0.3, 0.4) is 0 Å². The van der Waals surface area contributed by atoms with Crippen molar-refractivity contribution in [1.82, 2.24) is 15.5 Å². The maximum Gasteiger partial charge on any atom is 0.233 e. The monoisotopic (exact) mass is 575 g/mol. The normalized spacial score (nSPS) is 26.9. The second-order valence-electron chi connectivity index (χ2n) is 9.35. The third-order valence-electron chi connectivity index (χ3n) is 7.30. The summed E-state index contributed by atoms with van der Waals surface area (Å²) in [5.74, 6) is 1.16. The fourth-order valence-corrected chi connectivity index (χ4v) is 5.64. The lowest BCUT2D eigenvalue weighted by molar-refractivity contribution is -0.140. The number of amides is 2. The molecule has 182 valence electrons. The Balaban J connectivity index is 0.00000274. The minimum atomic E-state index is -0.104. The third kappa shape index (κ3) is 4.87. The van der Waals surface area contributed by atoms with Gasteiger partial charge in [-0.2, -0.15) is 0 Å². The van der Waals surface area contributed by atoms with Crippen molar-refractivity contribution < 1.29 is 9.59 Å². The molecule has 2 aliphatic carbocycles. The molecule has 8 heteroatoms. The maximum atomic E-state index is 12.8. The van der Waals surface area contributed by atoms with Crippen LogP contribution in [0, 0.1) is 23.7 Å². The number of likely N-dealkylation sites (tertiary alicyclic amines) is 1. The zero-order valence-electron chi connectivity index (χ0n) is 19.7. The van der Waals surface area contributed by atoms with Crippen LogP contribution in [-0.4, -0.2) is 55.4 Å². The van der Waals surface area contributed by atoms with Crippen molar-refractivity contribution in [3.05, 3.63) is 54.1 Å². The van der Waals surface area contributed by atoms with Gasteiger partial charge in [0.25, 0.3) is 0 Å². The van der Waals surface area contributed by atoms with Crippen LogP contribution in [0.1, 0.15) is 25.3 Å². The van der Waals surface area contributed by atoms with E-state index in [1.54, 1.807) is 0 Å². The summed E-state index contributed by atoms with van der Waals surface area (Å²) in [6.45, 7) is 6.48. The number of anilines is 1. The number of guanidine groups is 1. The molecule has 1 saturated heterocycles. The van der Waals surface area contributed by atoms with Crippen molar-refractivity contribution in [3.8, 4) is 0 Å². The number of halogens is 1. The third-order valence-corrected chi connectivity index (χ3v) is 7.30. The van der Waals surface area contributed by atoms with Gasteiger partial charge in [-0.3, -0.25) is 14.5 Å². The lowest BCUT2D eigenvalue weighted by Gasteiger charge is -2.18. The molecule has 1 saturated carbocycles. The van der Waals surface area contributed by atoms with Crippen LogP contribution in [0.2, 0.25) is 0 Å². The molecule has 2 amide bonds. The molecule has 2 fully saturated rings. The predicted octanol–water partition coefficient (Wildman–Crippen LogP) is 2.93. The van der Waals surface area contributed by atoms with Gasteiger partial charge in [0, 0.05) is 38.4 Å². The topological polar surface area (TPSA) is 77.0 Å². The Morgan fingerprint density at radius 2 is 1.65 bits per heavy atom. The molecule has 0 aromatic heterocycles. The summed E-state index contributed by atoms with van der Waals surface area (Å²) in [6, 6.07) is 8.56. The van der Waals surface area contributed by atoms with Gasteiger partial charge in [0.15, 0.2) is 5.96 Å². The lowest BCUT2D eigenvalue weighted by atomic mass is 9.85. The van der Waals surface area contributed by atoms with Crippen molar-refractivity contribution >= 4 is 47.4 Å². The Morgan fingerprint density at radius 3 is 2.26 bits per heavy atom. The highest BCUT2D eigenvalue weighted by Crippen LogP contribution is 2.52. The van der Waals surface area contributed by atoms with Gasteiger partial charge in [-0.25, -0.2) is 4.99 Å². The first-order valence-corrected chi connectivity index (χ1v) is 12.2. The van der Waals surface area contributed by atoms with E-state index < -0.39 is 0 Å². The first-order chi connectivity index (χ1) is 16.2. The molecule has 4 atom stereocenters. The van der Waals surface area contributed by atoms with E-state index in [1.807, 2.05) is 6.92 Å². The molecule has 0 radical (unpaired) electrons. The van der Waals surface area contributed by atoms with Gasteiger partial charge < -0.3 is 15.5 Å². The highest BCUT2D eigenvalue weighted by atomic mass is 127. The summed E-state index contributed by atoms with van der Waals surface area (Å²) >= 11 is 0. The number of fused-ring (bicyclic) bond motifs is 5. The molecule has 7 nitrogen and oxygen atoms in total. The van der Waals surface area contributed by atoms with Gasteiger partial charge in [0.2, 0.25) is 11.8 Å². The molecule has 2 aliphatic heterocycles. The van der Waals surface area contributed by atoms with Gasteiger partial charge in [-0.1, -0.05) is 36.4 Å². The highest BCUT2D eigenvalue weighted by molar-refractivity contribution is 14.0. The molecule has 4 aliphatic rings. The molecule has 34 heavy (non-hydrogen) atoms. The van der Waals surface area contributed by atoms with E-state index in [9.17, 15) is 9.59 Å². The summed E-state index contributed by atoms with van der Waals surface area (Å²) in [4.78, 5) is 34.1. The standard InChI is InChI=1S/C26H33N5O2.HI/c1-2-27-26(29-17-18-6-10-21(11-7-18)30-13-3-4-14-30)28-12-5-15-31-24(32)22-19-8-9-20(16-19)23(22)25(31)33;/h3-4,6-11,19-20,22-23H,2,5,12-17H2,1H3,(H2,27,28,29);1H. The predicted molar refractivity (Wildman–Crippen MR) is 145 cm³/mol. The van der Waals surface area contributed by atoms with Gasteiger partial charge >= 0.3 is 0 Å². The fourth-order valence-electron chi connectivity index (χ4n) is 5.64. The Hall–Kier alpha value is -2.36. The minimum Gasteiger partial charge on any atom is -0.364 e. The van der Waals surface area contributed by atoms with E-state index >= 15 is 0 Å². The van der Waals surface area contributed by atoms with Crippen LogP contribution in [0.5, 0.6) is 0 Å². The second kappa shape index (κ2) is 10.9.